The third-order valence-corrected chi connectivity index (χ3v) is 7.43. The van der Waals surface area contributed by atoms with Crippen molar-refractivity contribution in [1.29, 1.82) is 5.26 Å². The summed E-state index contributed by atoms with van der Waals surface area (Å²) in [5, 5.41) is 22.8. The fraction of sp³-hybridized carbons (Fsp3) is 0.241. The molecular weight excluding hydrogens is 452 g/mol. The molecule has 1 fully saturated rings. The first-order valence-corrected chi connectivity index (χ1v) is 12.0. The fourth-order valence-electron chi connectivity index (χ4n) is 5.28. The summed E-state index contributed by atoms with van der Waals surface area (Å²) in [5.74, 6) is 0.0997. The Morgan fingerprint density at radius 1 is 1.03 bits per heavy atom. The molecule has 7 nitrogen and oxygen atoms in total. The molecule has 178 valence electrons. The number of hydrogen-bond donors (Lipinski definition) is 1. The second kappa shape index (κ2) is 8.74. The molecule has 0 spiro atoms. The van der Waals surface area contributed by atoms with Crippen molar-refractivity contribution < 1.29 is 14.4 Å². The first-order chi connectivity index (χ1) is 17.5. The summed E-state index contributed by atoms with van der Waals surface area (Å²) in [6.45, 7) is 3.68. The van der Waals surface area contributed by atoms with Crippen molar-refractivity contribution >= 4 is 5.97 Å². The summed E-state index contributed by atoms with van der Waals surface area (Å²) in [4.78, 5) is 18.2. The number of rotatable bonds is 5. The summed E-state index contributed by atoms with van der Waals surface area (Å²) in [6, 6.07) is 22.4. The molecule has 1 aliphatic carbocycles. The van der Waals surface area contributed by atoms with Gasteiger partial charge in [-0.1, -0.05) is 41.6 Å². The van der Waals surface area contributed by atoms with Gasteiger partial charge in [-0.3, -0.25) is 9.69 Å². The van der Waals surface area contributed by atoms with Crippen LogP contribution in [0.4, 0.5) is 0 Å². The van der Waals surface area contributed by atoms with Gasteiger partial charge in [0.05, 0.1) is 17.6 Å². The number of fused-ring (bicyclic) bond motifs is 1. The van der Waals surface area contributed by atoms with E-state index in [1.165, 1.54) is 11.1 Å². The minimum atomic E-state index is -0.685. The van der Waals surface area contributed by atoms with Crippen molar-refractivity contribution in [2.75, 3.05) is 0 Å². The molecule has 2 heterocycles. The number of hydrogen-bond acceptors (Lipinski definition) is 6. The van der Waals surface area contributed by atoms with Crippen LogP contribution in [0.25, 0.3) is 34.0 Å². The predicted octanol–water partition coefficient (Wildman–Crippen LogP) is 5.43. The summed E-state index contributed by atoms with van der Waals surface area (Å²) >= 11 is 0. The van der Waals surface area contributed by atoms with Crippen LogP contribution in [0, 0.1) is 24.2 Å². The topological polar surface area (TPSA) is 103 Å². The average Bonchev–Trinajstić information content (AvgIpc) is 3.50. The Labute approximate surface area is 208 Å². The summed E-state index contributed by atoms with van der Waals surface area (Å²) in [5.41, 5.74) is 7.80. The molecule has 0 atom stereocenters. The number of nitriles is 1. The molecule has 7 heteroatoms. The molecule has 0 radical (unpaired) electrons. The van der Waals surface area contributed by atoms with Crippen molar-refractivity contribution in [2.45, 2.75) is 38.9 Å². The first kappa shape index (κ1) is 22.2. The van der Waals surface area contributed by atoms with Crippen LogP contribution < -0.4 is 0 Å². The van der Waals surface area contributed by atoms with Gasteiger partial charge in [0.15, 0.2) is 0 Å². The quantitative estimate of drug-likeness (QED) is 0.410. The van der Waals surface area contributed by atoms with Crippen LogP contribution in [0.1, 0.15) is 35.1 Å². The zero-order valence-electron chi connectivity index (χ0n) is 19.8. The minimum absolute atomic E-state index is 0.203. The highest BCUT2D eigenvalue weighted by atomic mass is 16.5. The number of aryl methyl sites for hydroxylation is 1. The van der Waals surface area contributed by atoms with Gasteiger partial charge in [-0.25, -0.2) is 0 Å². The lowest BCUT2D eigenvalue weighted by Crippen LogP contribution is -2.44. The van der Waals surface area contributed by atoms with Crippen molar-refractivity contribution in [1.82, 2.24) is 15.0 Å². The van der Waals surface area contributed by atoms with E-state index in [0.29, 0.717) is 23.3 Å². The number of carboxylic acids is 1. The van der Waals surface area contributed by atoms with E-state index in [0.717, 1.165) is 53.7 Å². The smallest absolute Gasteiger partial charge is 0.306 e. The number of carbonyl (C=O) groups is 1. The fourth-order valence-corrected chi connectivity index (χ4v) is 5.28. The molecule has 0 amide bonds. The van der Waals surface area contributed by atoms with Crippen molar-refractivity contribution in [3.63, 3.8) is 0 Å². The zero-order chi connectivity index (χ0) is 24.8. The average molecular weight is 477 g/mol. The van der Waals surface area contributed by atoms with Gasteiger partial charge >= 0.3 is 5.97 Å². The standard InChI is InChI=1S/C29H24N4O3/c1-17-10-19(8-9-25(17)26-5-3-2-4-20(26)14-30)28-31-27(32-36-28)18-6-7-21-15-33(16-23(21)11-18)24-12-22(13-24)29(34)35/h2-11,22,24H,12-13,15-16H2,1H3,(H,34,35). The van der Waals surface area contributed by atoms with Crippen LogP contribution in [-0.4, -0.2) is 32.2 Å². The third kappa shape index (κ3) is 3.86. The maximum atomic E-state index is 11.1. The summed E-state index contributed by atoms with van der Waals surface area (Å²) in [7, 11) is 0. The van der Waals surface area contributed by atoms with Gasteiger partial charge in [0.1, 0.15) is 0 Å². The molecular formula is C29H24N4O3. The van der Waals surface area contributed by atoms with E-state index in [-0.39, 0.29) is 5.92 Å². The second-order valence-corrected chi connectivity index (χ2v) is 9.66. The van der Waals surface area contributed by atoms with Crippen molar-refractivity contribution in [3.8, 4) is 40.0 Å². The highest BCUT2D eigenvalue weighted by molar-refractivity contribution is 5.76. The first-order valence-electron chi connectivity index (χ1n) is 12.0. The Hall–Kier alpha value is -4.28. The summed E-state index contributed by atoms with van der Waals surface area (Å²) in [6.07, 6.45) is 1.45. The molecule has 3 aromatic carbocycles. The number of benzene rings is 3. The third-order valence-electron chi connectivity index (χ3n) is 7.43. The van der Waals surface area contributed by atoms with Crippen LogP contribution in [0.2, 0.25) is 0 Å². The van der Waals surface area contributed by atoms with E-state index in [2.05, 4.69) is 33.2 Å². The van der Waals surface area contributed by atoms with Crippen LogP contribution in [0.3, 0.4) is 0 Å². The van der Waals surface area contributed by atoms with Gasteiger partial charge < -0.3 is 9.63 Å². The van der Waals surface area contributed by atoms with Crippen LogP contribution in [0.15, 0.2) is 65.2 Å². The molecule has 4 aromatic rings. The number of nitrogens with zero attached hydrogens (tertiary/aromatic N) is 4. The predicted molar refractivity (Wildman–Crippen MR) is 133 cm³/mol. The molecule has 6 rings (SSSR count). The van der Waals surface area contributed by atoms with Crippen molar-refractivity contribution in [3.05, 3.63) is 82.9 Å². The highest BCUT2D eigenvalue weighted by Crippen LogP contribution is 2.38. The maximum Gasteiger partial charge on any atom is 0.306 e. The van der Waals surface area contributed by atoms with E-state index >= 15 is 0 Å². The van der Waals surface area contributed by atoms with E-state index in [4.69, 9.17) is 9.63 Å². The highest BCUT2D eigenvalue weighted by Gasteiger charge is 2.39. The minimum Gasteiger partial charge on any atom is -0.481 e. The normalized spacial score (nSPS) is 18.9. The Morgan fingerprint density at radius 2 is 1.81 bits per heavy atom. The Bertz CT molecular complexity index is 1530. The maximum absolute atomic E-state index is 11.1. The molecule has 0 unspecified atom stereocenters. The van der Waals surface area contributed by atoms with E-state index in [1.807, 2.05) is 55.5 Å². The molecule has 1 aromatic heterocycles. The van der Waals surface area contributed by atoms with Gasteiger partial charge in [-0.15, -0.1) is 0 Å². The Morgan fingerprint density at radius 3 is 2.58 bits per heavy atom. The van der Waals surface area contributed by atoms with Crippen molar-refractivity contribution in [2.24, 2.45) is 5.92 Å². The van der Waals surface area contributed by atoms with Gasteiger partial charge in [-0.2, -0.15) is 10.2 Å². The molecule has 1 aliphatic heterocycles. The monoisotopic (exact) mass is 476 g/mol. The molecule has 0 bridgehead atoms. The van der Waals surface area contributed by atoms with E-state index < -0.39 is 5.97 Å². The number of aliphatic carboxylic acids is 1. The Balaban J connectivity index is 1.21. The zero-order valence-corrected chi connectivity index (χ0v) is 19.8. The molecule has 36 heavy (non-hydrogen) atoms. The van der Waals surface area contributed by atoms with E-state index in [1.54, 1.807) is 0 Å². The molecule has 2 aliphatic rings. The summed E-state index contributed by atoms with van der Waals surface area (Å²) < 4.78 is 5.61. The van der Waals surface area contributed by atoms with E-state index in [9.17, 15) is 10.1 Å². The largest absolute Gasteiger partial charge is 0.481 e. The van der Waals surface area contributed by atoms with Gasteiger partial charge in [0, 0.05) is 30.3 Å². The van der Waals surface area contributed by atoms with Gasteiger partial charge in [-0.05, 0) is 71.8 Å². The lowest BCUT2D eigenvalue weighted by atomic mass is 9.79. The molecule has 0 saturated heterocycles. The number of carboxylic acid groups (broad SMARTS) is 1. The SMILES string of the molecule is Cc1cc(-c2nc(-c3ccc4c(c3)CN(C3CC(C(=O)O)C3)C4)no2)ccc1-c1ccccc1C#N. The number of aromatic nitrogens is 2. The molecule has 1 saturated carbocycles. The van der Waals surface area contributed by atoms with Crippen LogP contribution in [0.5, 0.6) is 0 Å². The Kier molecular flexibility index (Phi) is 5.39. The van der Waals surface area contributed by atoms with Gasteiger partial charge in [0.2, 0.25) is 5.82 Å². The lowest BCUT2D eigenvalue weighted by molar-refractivity contribution is -0.147. The van der Waals surface area contributed by atoms with Crippen LogP contribution in [-0.2, 0) is 17.9 Å². The molecule has 1 N–H and O–H groups in total. The second-order valence-electron chi connectivity index (χ2n) is 9.66. The van der Waals surface area contributed by atoms with Gasteiger partial charge in [0.25, 0.3) is 5.89 Å². The van der Waals surface area contributed by atoms with Crippen LogP contribution >= 0.6 is 0 Å². The lowest BCUT2D eigenvalue weighted by Gasteiger charge is -2.39.